The second-order valence-electron chi connectivity index (χ2n) is 7.91. The average molecular weight is 401 g/mol. The number of fused-ring (bicyclic) bond motifs is 1. The number of hydrogen-bond acceptors (Lipinski definition) is 4. The van der Waals surface area contributed by atoms with E-state index in [0.717, 1.165) is 29.9 Å². The topological polar surface area (TPSA) is 80.1 Å². The summed E-state index contributed by atoms with van der Waals surface area (Å²) in [6.07, 6.45) is 8.87. The Kier molecular flexibility index (Phi) is 4.78. The normalized spacial score (nSPS) is 17.9. The largest absolute Gasteiger partial charge is 0.352 e. The molecule has 7 nitrogen and oxygen atoms in total. The Morgan fingerprint density at radius 3 is 2.87 bits per heavy atom. The number of hydrogen-bond donors (Lipinski definition) is 1. The molecule has 1 aliphatic heterocycles. The SMILES string of the molecule is O=C(NCc1ccc(-n2cccn2)nc1)[C@@H]1CC(=O)N(c2ccc3c(c2)CCC3)C1. The van der Waals surface area contributed by atoms with Crippen LogP contribution in [-0.4, -0.2) is 33.1 Å². The molecule has 0 spiro atoms. The lowest BCUT2D eigenvalue weighted by molar-refractivity contribution is -0.126. The molecule has 0 saturated carbocycles. The van der Waals surface area contributed by atoms with Crippen molar-refractivity contribution in [3.63, 3.8) is 0 Å². The first-order chi connectivity index (χ1) is 14.7. The van der Waals surface area contributed by atoms with Crippen molar-refractivity contribution in [1.82, 2.24) is 20.1 Å². The fourth-order valence-corrected chi connectivity index (χ4v) is 4.25. The molecule has 5 rings (SSSR count). The number of nitrogens with zero attached hydrogens (tertiary/aromatic N) is 4. The zero-order valence-corrected chi connectivity index (χ0v) is 16.6. The fraction of sp³-hybridized carbons (Fsp3) is 0.304. The van der Waals surface area contributed by atoms with E-state index < -0.39 is 0 Å². The standard InChI is InChI=1S/C23H23N5O2/c29-22-12-19(15-27(22)20-7-6-17-3-1-4-18(17)11-20)23(30)25-14-16-5-8-21(24-13-16)28-10-2-9-26-28/h2,5-11,13,19H,1,3-4,12,14-15H2,(H,25,30)/t19-/m1/s1. The molecule has 1 atom stereocenters. The Balaban J connectivity index is 1.19. The van der Waals surface area contributed by atoms with Crippen LogP contribution in [-0.2, 0) is 29.0 Å². The number of pyridine rings is 1. The van der Waals surface area contributed by atoms with Crippen molar-refractivity contribution in [2.24, 2.45) is 5.92 Å². The highest BCUT2D eigenvalue weighted by molar-refractivity contribution is 6.00. The van der Waals surface area contributed by atoms with E-state index in [-0.39, 0.29) is 24.2 Å². The summed E-state index contributed by atoms with van der Waals surface area (Å²) >= 11 is 0. The van der Waals surface area contributed by atoms with Crippen LogP contribution < -0.4 is 10.2 Å². The second kappa shape index (κ2) is 7.74. The average Bonchev–Trinajstić information content (AvgIpc) is 3.52. The maximum atomic E-state index is 12.7. The summed E-state index contributed by atoms with van der Waals surface area (Å²) in [7, 11) is 0. The summed E-state index contributed by atoms with van der Waals surface area (Å²) in [5, 5.41) is 7.10. The molecule has 3 heterocycles. The monoisotopic (exact) mass is 401 g/mol. The third kappa shape index (κ3) is 3.58. The maximum Gasteiger partial charge on any atom is 0.227 e. The van der Waals surface area contributed by atoms with Crippen LogP contribution in [0.2, 0.25) is 0 Å². The number of anilines is 1. The van der Waals surface area contributed by atoms with Gasteiger partial charge < -0.3 is 10.2 Å². The fourth-order valence-electron chi connectivity index (χ4n) is 4.25. The highest BCUT2D eigenvalue weighted by Crippen LogP contribution is 2.30. The van der Waals surface area contributed by atoms with Crippen molar-refractivity contribution < 1.29 is 9.59 Å². The van der Waals surface area contributed by atoms with Gasteiger partial charge in [0.1, 0.15) is 0 Å². The van der Waals surface area contributed by atoms with Crippen molar-refractivity contribution >= 4 is 17.5 Å². The molecule has 1 aromatic carbocycles. The molecule has 1 N–H and O–H groups in total. The van der Waals surface area contributed by atoms with Gasteiger partial charge in [0.25, 0.3) is 0 Å². The van der Waals surface area contributed by atoms with Crippen LogP contribution in [0.25, 0.3) is 5.82 Å². The number of aromatic nitrogens is 3. The van der Waals surface area contributed by atoms with Gasteiger partial charge in [-0.1, -0.05) is 12.1 Å². The lowest BCUT2D eigenvalue weighted by Gasteiger charge is -2.18. The molecule has 0 unspecified atom stereocenters. The third-order valence-electron chi connectivity index (χ3n) is 5.90. The molecular formula is C23H23N5O2. The summed E-state index contributed by atoms with van der Waals surface area (Å²) in [5.41, 5.74) is 4.53. The number of aryl methyl sites for hydroxylation is 2. The lowest BCUT2D eigenvalue weighted by Crippen LogP contribution is -2.32. The number of rotatable bonds is 5. The molecule has 7 heteroatoms. The van der Waals surface area contributed by atoms with Crippen molar-refractivity contribution in [3.8, 4) is 5.82 Å². The number of amides is 2. The lowest BCUT2D eigenvalue weighted by atomic mass is 10.1. The van der Waals surface area contributed by atoms with Gasteiger partial charge in [-0.05, 0) is 60.2 Å². The van der Waals surface area contributed by atoms with E-state index in [0.29, 0.717) is 13.1 Å². The Bertz CT molecular complexity index is 1080. The molecule has 1 fully saturated rings. The van der Waals surface area contributed by atoms with Crippen LogP contribution in [0.15, 0.2) is 55.0 Å². The van der Waals surface area contributed by atoms with E-state index in [1.807, 2.05) is 30.5 Å². The van der Waals surface area contributed by atoms with E-state index in [9.17, 15) is 9.59 Å². The van der Waals surface area contributed by atoms with Gasteiger partial charge in [0.15, 0.2) is 5.82 Å². The summed E-state index contributed by atoms with van der Waals surface area (Å²) in [4.78, 5) is 31.3. The van der Waals surface area contributed by atoms with E-state index >= 15 is 0 Å². The van der Waals surface area contributed by atoms with Crippen LogP contribution in [0.4, 0.5) is 5.69 Å². The molecule has 0 radical (unpaired) electrons. The number of carbonyl (C=O) groups excluding carboxylic acids is 2. The molecule has 3 aromatic rings. The molecule has 2 amide bonds. The quantitative estimate of drug-likeness (QED) is 0.712. The summed E-state index contributed by atoms with van der Waals surface area (Å²) in [6, 6.07) is 11.9. The van der Waals surface area contributed by atoms with Gasteiger partial charge in [-0.3, -0.25) is 9.59 Å². The Morgan fingerprint density at radius 2 is 2.07 bits per heavy atom. The molecule has 1 saturated heterocycles. The minimum absolute atomic E-state index is 0.0124. The van der Waals surface area contributed by atoms with Crippen LogP contribution >= 0.6 is 0 Å². The predicted molar refractivity (Wildman–Crippen MR) is 112 cm³/mol. The predicted octanol–water partition coefficient (Wildman–Crippen LogP) is 2.43. The van der Waals surface area contributed by atoms with Gasteiger partial charge in [-0.2, -0.15) is 5.10 Å². The van der Waals surface area contributed by atoms with Gasteiger partial charge in [-0.25, -0.2) is 9.67 Å². The van der Waals surface area contributed by atoms with Gasteiger partial charge >= 0.3 is 0 Å². The van der Waals surface area contributed by atoms with Crippen LogP contribution in [0.1, 0.15) is 29.5 Å². The third-order valence-corrected chi connectivity index (χ3v) is 5.90. The number of nitrogens with one attached hydrogen (secondary N) is 1. The van der Waals surface area contributed by atoms with Gasteiger partial charge in [-0.15, -0.1) is 0 Å². The van der Waals surface area contributed by atoms with Crippen molar-refractivity contribution in [1.29, 1.82) is 0 Å². The van der Waals surface area contributed by atoms with Crippen LogP contribution in [0.3, 0.4) is 0 Å². The maximum absolute atomic E-state index is 12.7. The zero-order valence-electron chi connectivity index (χ0n) is 16.6. The smallest absolute Gasteiger partial charge is 0.227 e. The van der Waals surface area contributed by atoms with Crippen LogP contribution in [0.5, 0.6) is 0 Å². The summed E-state index contributed by atoms with van der Waals surface area (Å²) in [6.45, 7) is 0.814. The van der Waals surface area contributed by atoms with Crippen molar-refractivity contribution in [3.05, 3.63) is 71.7 Å². The first-order valence-corrected chi connectivity index (χ1v) is 10.3. The molecule has 152 valence electrons. The molecular weight excluding hydrogens is 378 g/mol. The van der Waals surface area contributed by atoms with Gasteiger partial charge in [0.2, 0.25) is 11.8 Å². The van der Waals surface area contributed by atoms with E-state index in [1.165, 1.54) is 17.5 Å². The van der Waals surface area contributed by atoms with Gasteiger partial charge in [0.05, 0.1) is 5.92 Å². The minimum atomic E-state index is -0.331. The van der Waals surface area contributed by atoms with E-state index in [1.54, 1.807) is 22.0 Å². The molecule has 30 heavy (non-hydrogen) atoms. The molecule has 0 bridgehead atoms. The summed E-state index contributed by atoms with van der Waals surface area (Å²) < 4.78 is 1.68. The Hall–Kier alpha value is -3.48. The Morgan fingerprint density at radius 1 is 1.17 bits per heavy atom. The first kappa shape index (κ1) is 18.5. The molecule has 2 aliphatic rings. The van der Waals surface area contributed by atoms with Gasteiger partial charge in [0, 0.05) is 43.8 Å². The Labute approximate surface area is 174 Å². The highest BCUT2D eigenvalue weighted by atomic mass is 16.2. The first-order valence-electron chi connectivity index (χ1n) is 10.3. The van der Waals surface area contributed by atoms with E-state index in [4.69, 9.17) is 0 Å². The number of benzene rings is 1. The highest BCUT2D eigenvalue weighted by Gasteiger charge is 2.35. The minimum Gasteiger partial charge on any atom is -0.352 e. The number of carbonyl (C=O) groups is 2. The van der Waals surface area contributed by atoms with Crippen molar-refractivity contribution in [2.75, 3.05) is 11.4 Å². The molecule has 1 aliphatic carbocycles. The molecule has 2 aromatic heterocycles. The van der Waals surface area contributed by atoms with Crippen molar-refractivity contribution in [2.45, 2.75) is 32.2 Å². The zero-order chi connectivity index (χ0) is 20.5. The van der Waals surface area contributed by atoms with Crippen LogP contribution in [0, 0.1) is 5.92 Å². The second-order valence-corrected chi connectivity index (χ2v) is 7.91. The summed E-state index contributed by atoms with van der Waals surface area (Å²) in [5.74, 6) is 0.310. The van der Waals surface area contributed by atoms with E-state index in [2.05, 4.69) is 27.5 Å².